The van der Waals surface area contributed by atoms with E-state index >= 15 is 4.39 Å². The van der Waals surface area contributed by atoms with E-state index in [9.17, 15) is 0 Å². The molecule has 8 heteroatoms. The first-order valence-corrected chi connectivity index (χ1v) is 13.1. The van der Waals surface area contributed by atoms with Crippen molar-refractivity contribution in [3.05, 3.63) is 102 Å². The van der Waals surface area contributed by atoms with Crippen LogP contribution in [0.3, 0.4) is 0 Å². The lowest BCUT2D eigenvalue weighted by atomic mass is 9.98. The Hall–Kier alpha value is -4.56. The molecule has 1 saturated heterocycles. The molecule has 204 valence electrons. The molecule has 5 aromatic rings. The van der Waals surface area contributed by atoms with Crippen molar-refractivity contribution in [3.8, 4) is 28.6 Å². The quantitative estimate of drug-likeness (QED) is 0.220. The fourth-order valence-electron chi connectivity index (χ4n) is 4.98. The second-order valence-corrected chi connectivity index (χ2v) is 10.2. The average Bonchev–Trinajstić information content (AvgIpc) is 3.34. The van der Waals surface area contributed by atoms with Gasteiger partial charge in [0.25, 0.3) is 0 Å². The SMILES string of the molecule is COc1cc(-c2nc3cc(N)ccc3n2C2(C)COC2)c(F)c(OCc2ccccc2)c1OCc1ccccc1. The molecule has 0 unspecified atom stereocenters. The molecule has 0 saturated carbocycles. The highest BCUT2D eigenvalue weighted by molar-refractivity contribution is 5.85. The van der Waals surface area contributed by atoms with Crippen molar-refractivity contribution < 1.29 is 23.3 Å². The van der Waals surface area contributed by atoms with Gasteiger partial charge in [0, 0.05) is 5.69 Å². The third kappa shape index (κ3) is 4.71. The van der Waals surface area contributed by atoms with E-state index in [0.29, 0.717) is 36.0 Å². The minimum absolute atomic E-state index is 0.0396. The topological polar surface area (TPSA) is 80.8 Å². The number of nitrogens with zero attached hydrogens (tertiary/aromatic N) is 2. The third-order valence-electron chi connectivity index (χ3n) is 7.10. The first-order valence-electron chi connectivity index (χ1n) is 13.1. The van der Waals surface area contributed by atoms with E-state index in [1.165, 1.54) is 7.11 Å². The number of fused-ring (bicyclic) bond motifs is 1. The summed E-state index contributed by atoms with van der Waals surface area (Å²) in [5, 5.41) is 0. The summed E-state index contributed by atoms with van der Waals surface area (Å²) in [6, 6.07) is 26.4. The lowest BCUT2D eigenvalue weighted by Crippen LogP contribution is -2.49. The first kappa shape index (κ1) is 25.7. The number of hydrogen-bond acceptors (Lipinski definition) is 6. The highest BCUT2D eigenvalue weighted by atomic mass is 19.1. The van der Waals surface area contributed by atoms with E-state index in [-0.39, 0.29) is 30.3 Å². The molecular weight excluding hydrogens is 509 g/mol. The zero-order valence-electron chi connectivity index (χ0n) is 22.4. The number of nitrogens with two attached hydrogens (primary N) is 1. The van der Waals surface area contributed by atoms with Gasteiger partial charge in [-0.3, -0.25) is 0 Å². The lowest BCUT2D eigenvalue weighted by Gasteiger charge is -2.40. The summed E-state index contributed by atoms with van der Waals surface area (Å²) in [7, 11) is 1.53. The summed E-state index contributed by atoms with van der Waals surface area (Å²) in [5.74, 6) is 0.328. The molecular formula is C32H30FN3O4. The van der Waals surface area contributed by atoms with Crippen LogP contribution >= 0.6 is 0 Å². The number of benzene rings is 4. The molecule has 6 rings (SSSR count). The van der Waals surface area contributed by atoms with Gasteiger partial charge in [-0.25, -0.2) is 9.37 Å². The number of halogens is 1. The Morgan fingerprint density at radius 2 is 1.52 bits per heavy atom. The van der Waals surface area contributed by atoms with Crippen molar-refractivity contribution in [2.45, 2.75) is 25.7 Å². The zero-order valence-corrected chi connectivity index (χ0v) is 22.4. The van der Waals surface area contributed by atoms with Gasteiger partial charge >= 0.3 is 0 Å². The van der Waals surface area contributed by atoms with Crippen molar-refractivity contribution in [3.63, 3.8) is 0 Å². The maximum Gasteiger partial charge on any atom is 0.207 e. The monoisotopic (exact) mass is 539 g/mol. The molecule has 2 N–H and O–H groups in total. The normalized spacial score (nSPS) is 14.1. The van der Waals surface area contributed by atoms with Gasteiger partial charge in [-0.1, -0.05) is 60.7 Å². The van der Waals surface area contributed by atoms with Crippen LogP contribution in [0.2, 0.25) is 0 Å². The van der Waals surface area contributed by atoms with Crippen molar-refractivity contribution in [1.29, 1.82) is 0 Å². The van der Waals surface area contributed by atoms with E-state index < -0.39 is 11.4 Å². The predicted octanol–water partition coefficient (Wildman–Crippen LogP) is 6.34. The number of methoxy groups -OCH3 is 1. The van der Waals surface area contributed by atoms with E-state index in [2.05, 4.69) is 6.92 Å². The Morgan fingerprint density at radius 1 is 0.900 bits per heavy atom. The van der Waals surface area contributed by atoms with Crippen LogP contribution in [-0.4, -0.2) is 29.9 Å². The van der Waals surface area contributed by atoms with Crippen molar-refractivity contribution in [2.75, 3.05) is 26.1 Å². The summed E-state index contributed by atoms with van der Waals surface area (Å²) in [5.41, 5.74) is 9.79. The van der Waals surface area contributed by atoms with Crippen LogP contribution in [0.1, 0.15) is 18.1 Å². The zero-order chi connectivity index (χ0) is 27.7. The van der Waals surface area contributed by atoms with Crippen LogP contribution < -0.4 is 19.9 Å². The van der Waals surface area contributed by atoms with Gasteiger partial charge in [0.15, 0.2) is 11.6 Å². The number of rotatable bonds is 9. The summed E-state index contributed by atoms with van der Waals surface area (Å²) in [4.78, 5) is 4.85. The van der Waals surface area contributed by atoms with Gasteiger partial charge in [0.05, 0.1) is 42.5 Å². The molecule has 1 fully saturated rings. The maximum absolute atomic E-state index is 16.7. The molecule has 1 aromatic heterocycles. The smallest absolute Gasteiger partial charge is 0.207 e. The molecule has 0 atom stereocenters. The lowest BCUT2D eigenvalue weighted by molar-refractivity contribution is -0.0868. The number of aromatic nitrogens is 2. The average molecular weight is 540 g/mol. The Balaban J connectivity index is 1.51. The maximum atomic E-state index is 16.7. The number of ether oxygens (including phenoxy) is 4. The second kappa shape index (κ2) is 10.5. The summed E-state index contributed by atoms with van der Waals surface area (Å²) >= 11 is 0. The molecule has 40 heavy (non-hydrogen) atoms. The fourth-order valence-corrected chi connectivity index (χ4v) is 4.98. The van der Waals surface area contributed by atoms with Crippen LogP contribution in [0.25, 0.3) is 22.4 Å². The Kier molecular flexibility index (Phi) is 6.77. The molecule has 4 aromatic carbocycles. The van der Waals surface area contributed by atoms with Crippen LogP contribution in [-0.2, 0) is 23.5 Å². The van der Waals surface area contributed by atoms with E-state index in [0.717, 1.165) is 16.6 Å². The van der Waals surface area contributed by atoms with Gasteiger partial charge in [-0.15, -0.1) is 0 Å². The number of anilines is 1. The van der Waals surface area contributed by atoms with E-state index in [1.54, 1.807) is 12.1 Å². The predicted molar refractivity (Wildman–Crippen MR) is 152 cm³/mol. The van der Waals surface area contributed by atoms with E-state index in [4.69, 9.17) is 29.7 Å². The van der Waals surface area contributed by atoms with Crippen LogP contribution in [0.4, 0.5) is 10.1 Å². The Labute approximate surface area is 231 Å². The number of hydrogen-bond donors (Lipinski definition) is 1. The van der Waals surface area contributed by atoms with Gasteiger partial charge in [-0.05, 0) is 42.3 Å². The van der Waals surface area contributed by atoms with Crippen molar-refractivity contribution in [1.82, 2.24) is 9.55 Å². The molecule has 7 nitrogen and oxygen atoms in total. The minimum atomic E-state index is -0.590. The fraction of sp³-hybridized carbons (Fsp3) is 0.219. The van der Waals surface area contributed by atoms with Gasteiger partial charge in [0.1, 0.15) is 19.0 Å². The molecule has 2 heterocycles. The van der Waals surface area contributed by atoms with E-state index in [1.807, 2.05) is 77.4 Å². The minimum Gasteiger partial charge on any atom is -0.493 e. The Morgan fingerprint density at radius 3 is 2.10 bits per heavy atom. The first-order chi connectivity index (χ1) is 19.5. The van der Waals surface area contributed by atoms with Crippen molar-refractivity contribution in [2.24, 2.45) is 0 Å². The van der Waals surface area contributed by atoms with Crippen LogP contribution in [0.15, 0.2) is 84.9 Å². The second-order valence-electron chi connectivity index (χ2n) is 10.2. The highest BCUT2D eigenvalue weighted by Gasteiger charge is 2.39. The van der Waals surface area contributed by atoms with Gasteiger partial charge < -0.3 is 29.2 Å². The molecule has 0 bridgehead atoms. The molecule has 0 aliphatic carbocycles. The van der Waals surface area contributed by atoms with Crippen LogP contribution in [0, 0.1) is 5.82 Å². The molecule has 0 amide bonds. The summed E-state index contributed by atoms with van der Waals surface area (Å²) in [6.07, 6.45) is 0. The number of nitrogen functional groups attached to an aromatic ring is 1. The summed E-state index contributed by atoms with van der Waals surface area (Å²) < 4.78 is 42.3. The largest absolute Gasteiger partial charge is 0.493 e. The molecule has 1 aliphatic rings. The van der Waals surface area contributed by atoms with Gasteiger partial charge in [0.2, 0.25) is 11.5 Å². The van der Waals surface area contributed by atoms with Crippen molar-refractivity contribution >= 4 is 16.7 Å². The number of imidazole rings is 1. The molecule has 1 aliphatic heterocycles. The summed E-state index contributed by atoms with van der Waals surface area (Å²) in [6.45, 7) is 3.38. The van der Waals surface area contributed by atoms with Gasteiger partial charge in [-0.2, -0.15) is 0 Å². The molecule has 0 spiro atoms. The van der Waals surface area contributed by atoms with Crippen LogP contribution in [0.5, 0.6) is 17.2 Å². The molecule has 0 radical (unpaired) electrons. The third-order valence-corrected chi connectivity index (χ3v) is 7.10. The highest BCUT2D eigenvalue weighted by Crippen LogP contribution is 2.47. The Bertz CT molecular complexity index is 1650. The standard InChI is InChI=1S/C32H30FN3O4/c1-32(19-38-20-32)36-26-14-13-23(34)15-25(26)35-31(36)24-16-27(37-2)29(39-17-21-9-5-3-6-10-21)30(28(24)33)40-18-22-11-7-4-8-12-22/h3-16H,17-20,34H2,1-2H3.